The van der Waals surface area contributed by atoms with E-state index in [1.165, 1.54) is 7.11 Å². The average Bonchev–Trinajstić information content (AvgIpc) is 3.14. The van der Waals surface area contributed by atoms with Gasteiger partial charge in [0.15, 0.2) is 0 Å². The summed E-state index contributed by atoms with van der Waals surface area (Å²) in [4.78, 5) is 26.4. The molecule has 0 unspecified atom stereocenters. The van der Waals surface area contributed by atoms with E-state index in [1.54, 1.807) is 10.7 Å². The first-order valence-electron chi connectivity index (χ1n) is 9.38. The maximum Gasteiger partial charge on any atom is 0.407 e. The zero-order valence-electron chi connectivity index (χ0n) is 17.3. The quantitative estimate of drug-likeness (QED) is 0.814. The van der Waals surface area contributed by atoms with Crippen molar-refractivity contribution in [3.05, 3.63) is 23.9 Å². The molecule has 0 spiro atoms. The number of alkyl carbamates (subject to hydrolysis) is 1. The van der Waals surface area contributed by atoms with E-state index in [0.717, 1.165) is 17.6 Å². The van der Waals surface area contributed by atoms with Crippen molar-refractivity contribution < 1.29 is 19.1 Å². The van der Waals surface area contributed by atoms with E-state index < -0.39 is 17.7 Å². The number of rotatable bonds is 3. The number of hydrogen-bond donors (Lipinski definition) is 1. The van der Waals surface area contributed by atoms with Gasteiger partial charge in [-0.05, 0) is 38.8 Å². The lowest BCUT2D eigenvalue weighted by Crippen LogP contribution is -2.42. The fourth-order valence-electron chi connectivity index (χ4n) is 3.57. The topological polar surface area (TPSA) is 85.7 Å². The minimum Gasteiger partial charge on any atom is -0.465 e. The molecule has 0 aliphatic carbocycles. The highest BCUT2D eigenvalue weighted by Crippen LogP contribution is 2.32. The molecule has 2 heterocycles. The van der Waals surface area contributed by atoms with E-state index in [-0.39, 0.29) is 12.0 Å². The Bertz CT molecular complexity index is 899. The van der Waals surface area contributed by atoms with E-state index in [0.29, 0.717) is 17.6 Å². The number of amides is 1. The van der Waals surface area contributed by atoms with Crippen molar-refractivity contribution in [1.29, 1.82) is 0 Å². The molecule has 3 rings (SSSR count). The van der Waals surface area contributed by atoms with Gasteiger partial charge in [0.25, 0.3) is 0 Å². The van der Waals surface area contributed by atoms with Crippen LogP contribution in [-0.2, 0) is 16.5 Å². The van der Waals surface area contributed by atoms with Crippen LogP contribution >= 0.6 is 0 Å². The Hall–Kier alpha value is -2.77. The van der Waals surface area contributed by atoms with Crippen molar-refractivity contribution in [2.45, 2.75) is 39.3 Å². The van der Waals surface area contributed by atoms with Gasteiger partial charge in [0.2, 0.25) is 0 Å². The summed E-state index contributed by atoms with van der Waals surface area (Å²) in [5.41, 5.74) is 1.51. The van der Waals surface area contributed by atoms with Crippen LogP contribution in [0.2, 0.25) is 0 Å². The molecule has 0 radical (unpaired) electrons. The molecular weight excluding hydrogens is 360 g/mol. The minimum absolute atomic E-state index is 0.0261. The van der Waals surface area contributed by atoms with Crippen molar-refractivity contribution >= 4 is 28.7 Å². The number of nitrogens with one attached hydrogen (secondary N) is 1. The second-order valence-electron chi connectivity index (χ2n) is 8.32. The van der Waals surface area contributed by atoms with Crippen LogP contribution in [0, 0.1) is 5.92 Å². The van der Waals surface area contributed by atoms with E-state index in [2.05, 4.69) is 22.2 Å². The minimum atomic E-state index is -0.531. The van der Waals surface area contributed by atoms with Crippen molar-refractivity contribution in [2.75, 3.05) is 25.1 Å². The molecule has 1 amide bonds. The number of carbonyl (C=O) groups excluding carboxylic acids is 2. The first-order valence-corrected chi connectivity index (χ1v) is 9.38. The fraction of sp³-hybridized carbons (Fsp3) is 0.550. The third-order valence-electron chi connectivity index (χ3n) is 4.83. The van der Waals surface area contributed by atoms with Crippen molar-refractivity contribution in [3.8, 4) is 0 Å². The fourth-order valence-corrected chi connectivity index (χ4v) is 3.57. The molecule has 152 valence electrons. The van der Waals surface area contributed by atoms with E-state index in [1.807, 2.05) is 40.1 Å². The highest BCUT2D eigenvalue weighted by Gasteiger charge is 2.33. The van der Waals surface area contributed by atoms with Crippen LogP contribution < -0.4 is 10.2 Å². The van der Waals surface area contributed by atoms with E-state index >= 15 is 0 Å². The predicted octanol–water partition coefficient (Wildman–Crippen LogP) is 2.71. The van der Waals surface area contributed by atoms with Crippen molar-refractivity contribution in [1.82, 2.24) is 15.1 Å². The number of anilines is 1. The zero-order chi connectivity index (χ0) is 20.6. The van der Waals surface area contributed by atoms with Crippen LogP contribution in [0.4, 0.5) is 10.5 Å². The second kappa shape index (κ2) is 7.33. The summed E-state index contributed by atoms with van der Waals surface area (Å²) >= 11 is 0. The Balaban J connectivity index is 1.84. The molecule has 1 aromatic carbocycles. The SMILES string of the molecule is COC(=O)c1ccc(N2C[C@@H](C)[C@H](NC(=O)OC(C)(C)C)C2)c2cn(C)nc12. The summed E-state index contributed by atoms with van der Waals surface area (Å²) in [5, 5.41) is 8.30. The lowest BCUT2D eigenvalue weighted by atomic mass is 10.1. The Labute approximate surface area is 164 Å². The van der Waals surface area contributed by atoms with Crippen LogP contribution in [0.5, 0.6) is 0 Å². The summed E-state index contributed by atoms with van der Waals surface area (Å²) in [6, 6.07) is 3.64. The third-order valence-corrected chi connectivity index (χ3v) is 4.83. The number of fused-ring (bicyclic) bond motifs is 1. The summed E-state index contributed by atoms with van der Waals surface area (Å²) in [6.07, 6.45) is 1.50. The van der Waals surface area contributed by atoms with Gasteiger partial charge < -0.3 is 19.7 Å². The molecule has 8 heteroatoms. The van der Waals surface area contributed by atoms with Gasteiger partial charge in [-0.3, -0.25) is 4.68 Å². The van der Waals surface area contributed by atoms with Gasteiger partial charge in [-0.15, -0.1) is 0 Å². The van der Waals surface area contributed by atoms with Crippen LogP contribution in [0.15, 0.2) is 18.3 Å². The Morgan fingerprint density at radius 1 is 1.25 bits per heavy atom. The standard InChI is InChI=1S/C20H28N4O4/c1-12-9-24(11-15(12)21-19(26)28-20(2,3)4)16-8-7-13(18(25)27-6)17-14(16)10-23(5)22-17/h7-8,10,12,15H,9,11H2,1-6H3,(H,21,26)/t12-,15-/m1/s1. The average molecular weight is 388 g/mol. The molecule has 0 bridgehead atoms. The molecule has 8 nitrogen and oxygen atoms in total. The number of methoxy groups -OCH3 is 1. The number of esters is 1. The molecule has 1 aliphatic heterocycles. The lowest BCUT2D eigenvalue weighted by molar-refractivity contribution is 0.0498. The normalized spacial score (nSPS) is 19.7. The molecule has 1 N–H and O–H groups in total. The highest BCUT2D eigenvalue weighted by atomic mass is 16.6. The zero-order valence-corrected chi connectivity index (χ0v) is 17.3. The summed E-state index contributed by atoms with van der Waals surface area (Å²) in [7, 11) is 3.18. The predicted molar refractivity (Wildman–Crippen MR) is 107 cm³/mol. The van der Waals surface area contributed by atoms with E-state index in [4.69, 9.17) is 9.47 Å². The van der Waals surface area contributed by atoms with Gasteiger partial charge in [0, 0.05) is 37.4 Å². The Morgan fingerprint density at radius 3 is 2.61 bits per heavy atom. The number of nitrogens with zero attached hydrogens (tertiary/aromatic N) is 3. The Morgan fingerprint density at radius 2 is 1.96 bits per heavy atom. The van der Waals surface area contributed by atoms with Crippen LogP contribution in [0.3, 0.4) is 0 Å². The van der Waals surface area contributed by atoms with Gasteiger partial charge in [0.1, 0.15) is 11.1 Å². The first kappa shape index (κ1) is 20.0. The molecule has 1 aliphatic rings. The smallest absolute Gasteiger partial charge is 0.407 e. The summed E-state index contributed by atoms with van der Waals surface area (Å²) in [6.45, 7) is 9.08. The van der Waals surface area contributed by atoms with Crippen molar-refractivity contribution in [2.24, 2.45) is 13.0 Å². The largest absolute Gasteiger partial charge is 0.465 e. The maximum atomic E-state index is 12.2. The van der Waals surface area contributed by atoms with Gasteiger partial charge >= 0.3 is 12.1 Å². The Kier molecular flexibility index (Phi) is 5.23. The second-order valence-corrected chi connectivity index (χ2v) is 8.32. The van der Waals surface area contributed by atoms with Crippen LogP contribution in [0.1, 0.15) is 38.1 Å². The molecule has 2 atom stereocenters. The molecule has 1 saturated heterocycles. The molecule has 0 saturated carbocycles. The van der Waals surface area contributed by atoms with Gasteiger partial charge in [0.05, 0.1) is 18.7 Å². The molecule has 1 fully saturated rings. The number of ether oxygens (including phenoxy) is 2. The monoisotopic (exact) mass is 388 g/mol. The van der Waals surface area contributed by atoms with Gasteiger partial charge in [-0.2, -0.15) is 5.10 Å². The van der Waals surface area contributed by atoms with Gasteiger partial charge in [-0.25, -0.2) is 9.59 Å². The maximum absolute atomic E-state index is 12.2. The molecular formula is C20H28N4O4. The number of aromatic nitrogens is 2. The number of carbonyl (C=O) groups is 2. The van der Waals surface area contributed by atoms with E-state index in [9.17, 15) is 9.59 Å². The van der Waals surface area contributed by atoms with Crippen molar-refractivity contribution in [3.63, 3.8) is 0 Å². The highest BCUT2D eigenvalue weighted by molar-refractivity contribution is 6.06. The lowest BCUT2D eigenvalue weighted by Gasteiger charge is -2.23. The molecule has 1 aromatic heterocycles. The first-order chi connectivity index (χ1) is 13.1. The summed E-state index contributed by atoms with van der Waals surface area (Å²) in [5.74, 6) is -0.158. The summed E-state index contributed by atoms with van der Waals surface area (Å²) < 4.78 is 11.9. The molecule has 28 heavy (non-hydrogen) atoms. The third kappa shape index (κ3) is 4.05. The van der Waals surface area contributed by atoms with Crippen LogP contribution in [-0.4, -0.2) is 53.7 Å². The van der Waals surface area contributed by atoms with Gasteiger partial charge in [-0.1, -0.05) is 6.92 Å². The number of hydrogen-bond acceptors (Lipinski definition) is 6. The molecule has 2 aromatic rings. The number of benzene rings is 1. The number of aryl methyl sites for hydroxylation is 1. The van der Waals surface area contributed by atoms with Crippen LogP contribution in [0.25, 0.3) is 10.9 Å².